The molecule has 1 unspecified atom stereocenters. The molecule has 1 aliphatic rings. The average molecular weight is 313 g/mol. The summed E-state index contributed by atoms with van der Waals surface area (Å²) in [6.07, 6.45) is 3.19. The van der Waals surface area contributed by atoms with Crippen molar-refractivity contribution >= 4 is 15.8 Å². The van der Waals surface area contributed by atoms with Gasteiger partial charge in [0.15, 0.2) is 0 Å². The van der Waals surface area contributed by atoms with Gasteiger partial charge in [-0.05, 0) is 32.8 Å². The van der Waals surface area contributed by atoms with Crippen molar-refractivity contribution in [2.75, 3.05) is 32.1 Å². The number of hydrogen-bond donors (Lipinski definition) is 1. The quantitative estimate of drug-likeness (QED) is 0.896. The van der Waals surface area contributed by atoms with Crippen molar-refractivity contribution in [3.8, 4) is 0 Å². The summed E-state index contributed by atoms with van der Waals surface area (Å²) in [6.45, 7) is 5.50. The van der Waals surface area contributed by atoms with Crippen molar-refractivity contribution < 1.29 is 13.2 Å². The molecule has 0 bridgehead atoms. The second-order valence-corrected chi connectivity index (χ2v) is 7.44. The Morgan fingerprint density at radius 2 is 2.29 bits per heavy atom. The minimum Gasteiger partial charge on any atom is -0.377 e. The van der Waals surface area contributed by atoms with Gasteiger partial charge in [0.2, 0.25) is 10.0 Å². The van der Waals surface area contributed by atoms with Crippen molar-refractivity contribution in [3.63, 3.8) is 0 Å². The molecule has 7 heteroatoms. The van der Waals surface area contributed by atoms with Crippen LogP contribution in [0.15, 0.2) is 23.2 Å². The van der Waals surface area contributed by atoms with E-state index in [1.165, 1.54) is 16.6 Å². The molecule has 2 heterocycles. The molecular weight excluding hydrogens is 290 g/mol. The normalized spacial score (nSPS) is 24.0. The van der Waals surface area contributed by atoms with Crippen LogP contribution in [-0.2, 0) is 14.8 Å². The molecule has 2 rings (SSSR count). The minimum absolute atomic E-state index is 0.272. The molecule has 0 aromatic carbocycles. The Balaban J connectivity index is 2.27. The highest BCUT2D eigenvalue weighted by molar-refractivity contribution is 7.89. The van der Waals surface area contributed by atoms with Gasteiger partial charge < -0.3 is 10.1 Å². The molecular formula is C14H23N3O3S. The van der Waals surface area contributed by atoms with Gasteiger partial charge in [-0.25, -0.2) is 13.4 Å². The zero-order valence-corrected chi connectivity index (χ0v) is 13.6. The second kappa shape index (κ2) is 6.29. The Morgan fingerprint density at radius 1 is 1.52 bits per heavy atom. The monoisotopic (exact) mass is 313 g/mol. The number of nitrogens with zero attached hydrogens (tertiary/aromatic N) is 2. The third kappa shape index (κ3) is 3.53. The summed E-state index contributed by atoms with van der Waals surface area (Å²) in [5.74, 6) is 0.574. The van der Waals surface area contributed by atoms with E-state index in [1.54, 1.807) is 13.2 Å². The number of nitrogens with one attached hydrogen (secondary N) is 1. The van der Waals surface area contributed by atoms with Gasteiger partial charge in [0, 0.05) is 39.0 Å². The van der Waals surface area contributed by atoms with Crippen LogP contribution in [0.25, 0.3) is 0 Å². The first kappa shape index (κ1) is 16.2. The van der Waals surface area contributed by atoms with Crippen molar-refractivity contribution in [3.05, 3.63) is 18.3 Å². The fourth-order valence-electron chi connectivity index (χ4n) is 2.53. The van der Waals surface area contributed by atoms with Gasteiger partial charge in [0.1, 0.15) is 5.82 Å². The average Bonchev–Trinajstić information content (AvgIpc) is 2.48. The molecule has 1 aliphatic heterocycles. The number of anilines is 1. The topological polar surface area (TPSA) is 71.5 Å². The SMILES string of the molecule is CCNc1cc(S(=O)(=O)N2CCCC(C)(OC)C2)ccn1. The zero-order chi connectivity index (χ0) is 15.5. The number of hydrogen-bond acceptors (Lipinski definition) is 5. The molecule has 1 aromatic rings. The summed E-state index contributed by atoms with van der Waals surface area (Å²) in [5, 5.41) is 3.03. The number of rotatable bonds is 5. The number of piperidine rings is 1. The lowest BCUT2D eigenvalue weighted by atomic mass is 9.96. The summed E-state index contributed by atoms with van der Waals surface area (Å²) in [7, 11) is -1.88. The Hall–Kier alpha value is -1.18. The summed E-state index contributed by atoms with van der Waals surface area (Å²) >= 11 is 0. The van der Waals surface area contributed by atoms with Crippen molar-refractivity contribution in [1.82, 2.24) is 9.29 Å². The molecule has 1 saturated heterocycles. The predicted octanol–water partition coefficient (Wildman–Crippen LogP) is 1.70. The van der Waals surface area contributed by atoms with E-state index in [0.29, 0.717) is 25.5 Å². The number of sulfonamides is 1. The predicted molar refractivity (Wildman–Crippen MR) is 81.8 cm³/mol. The maximum absolute atomic E-state index is 12.8. The number of pyridine rings is 1. The third-order valence-electron chi connectivity index (χ3n) is 3.84. The standard InChI is InChI=1S/C14H23N3O3S/c1-4-15-13-10-12(6-8-16-13)21(18,19)17-9-5-7-14(2,11-17)20-3/h6,8,10H,4-5,7,9,11H2,1-3H3,(H,15,16). The lowest BCUT2D eigenvalue weighted by Crippen LogP contribution is -2.49. The van der Waals surface area contributed by atoms with Crippen molar-refractivity contribution in [2.24, 2.45) is 0 Å². The molecule has 1 aromatic heterocycles. The van der Waals surface area contributed by atoms with Gasteiger partial charge >= 0.3 is 0 Å². The first-order valence-corrected chi connectivity index (χ1v) is 8.60. The van der Waals surface area contributed by atoms with E-state index in [-0.39, 0.29) is 4.90 Å². The molecule has 0 radical (unpaired) electrons. The van der Waals surface area contributed by atoms with Gasteiger partial charge in [-0.2, -0.15) is 4.31 Å². The van der Waals surface area contributed by atoms with E-state index >= 15 is 0 Å². The Bertz CT molecular complexity index is 591. The number of methoxy groups -OCH3 is 1. The Labute approximate surface area is 126 Å². The van der Waals surface area contributed by atoms with E-state index < -0.39 is 15.6 Å². The fraction of sp³-hybridized carbons (Fsp3) is 0.643. The molecule has 118 valence electrons. The largest absolute Gasteiger partial charge is 0.377 e. The first-order valence-electron chi connectivity index (χ1n) is 7.16. The highest BCUT2D eigenvalue weighted by Crippen LogP contribution is 2.28. The van der Waals surface area contributed by atoms with Crippen LogP contribution in [0.5, 0.6) is 0 Å². The van der Waals surface area contributed by atoms with Gasteiger partial charge in [-0.1, -0.05) is 0 Å². The molecule has 0 spiro atoms. The van der Waals surface area contributed by atoms with Crippen LogP contribution in [0.1, 0.15) is 26.7 Å². The second-order valence-electron chi connectivity index (χ2n) is 5.50. The Morgan fingerprint density at radius 3 is 2.95 bits per heavy atom. The highest BCUT2D eigenvalue weighted by atomic mass is 32.2. The number of aromatic nitrogens is 1. The van der Waals surface area contributed by atoms with E-state index in [4.69, 9.17) is 4.74 Å². The van der Waals surface area contributed by atoms with E-state index in [1.807, 2.05) is 13.8 Å². The summed E-state index contributed by atoms with van der Waals surface area (Å²) in [4.78, 5) is 4.39. The molecule has 6 nitrogen and oxygen atoms in total. The lowest BCUT2D eigenvalue weighted by Gasteiger charge is -2.38. The van der Waals surface area contributed by atoms with E-state index in [0.717, 1.165) is 12.8 Å². The van der Waals surface area contributed by atoms with Gasteiger partial charge in [-0.3, -0.25) is 0 Å². The molecule has 1 fully saturated rings. The molecule has 0 amide bonds. The molecule has 0 saturated carbocycles. The van der Waals surface area contributed by atoms with Gasteiger partial charge in [0.25, 0.3) is 0 Å². The molecule has 1 N–H and O–H groups in total. The highest BCUT2D eigenvalue weighted by Gasteiger charge is 2.37. The van der Waals surface area contributed by atoms with Crippen LogP contribution in [0.2, 0.25) is 0 Å². The summed E-state index contributed by atoms with van der Waals surface area (Å²) < 4.78 is 32.5. The van der Waals surface area contributed by atoms with Crippen LogP contribution >= 0.6 is 0 Å². The fourth-order valence-corrected chi connectivity index (χ4v) is 4.13. The van der Waals surface area contributed by atoms with Crippen LogP contribution in [0.4, 0.5) is 5.82 Å². The Kier molecular flexibility index (Phi) is 4.85. The maximum atomic E-state index is 12.8. The van der Waals surface area contributed by atoms with Crippen LogP contribution in [0, 0.1) is 0 Å². The van der Waals surface area contributed by atoms with Gasteiger partial charge in [0.05, 0.1) is 10.5 Å². The van der Waals surface area contributed by atoms with Crippen LogP contribution in [-0.4, -0.2) is 50.1 Å². The third-order valence-corrected chi connectivity index (χ3v) is 5.68. The van der Waals surface area contributed by atoms with E-state index in [9.17, 15) is 8.42 Å². The zero-order valence-electron chi connectivity index (χ0n) is 12.8. The van der Waals surface area contributed by atoms with Gasteiger partial charge in [-0.15, -0.1) is 0 Å². The van der Waals surface area contributed by atoms with Crippen LogP contribution < -0.4 is 5.32 Å². The summed E-state index contributed by atoms with van der Waals surface area (Å²) in [6, 6.07) is 3.12. The van der Waals surface area contributed by atoms with Crippen molar-refractivity contribution in [2.45, 2.75) is 37.2 Å². The van der Waals surface area contributed by atoms with E-state index in [2.05, 4.69) is 10.3 Å². The summed E-state index contributed by atoms with van der Waals surface area (Å²) in [5.41, 5.74) is -0.414. The van der Waals surface area contributed by atoms with Crippen molar-refractivity contribution in [1.29, 1.82) is 0 Å². The van der Waals surface area contributed by atoms with Crippen LogP contribution in [0.3, 0.4) is 0 Å². The molecule has 1 atom stereocenters. The molecule has 21 heavy (non-hydrogen) atoms. The molecule has 0 aliphatic carbocycles. The lowest BCUT2D eigenvalue weighted by molar-refractivity contribution is -0.0319. The minimum atomic E-state index is -3.51. The number of ether oxygens (including phenoxy) is 1. The smallest absolute Gasteiger partial charge is 0.243 e. The maximum Gasteiger partial charge on any atom is 0.243 e. The first-order chi connectivity index (χ1) is 9.91.